The van der Waals surface area contributed by atoms with Crippen LogP contribution in [0.2, 0.25) is 5.02 Å². The Labute approximate surface area is 144 Å². The molecule has 1 aromatic carbocycles. The van der Waals surface area contributed by atoms with Crippen LogP contribution in [-0.4, -0.2) is 30.1 Å². The maximum Gasteiger partial charge on any atom is 0.277 e. The number of rotatable bonds is 4. The lowest BCUT2D eigenvalue weighted by molar-refractivity contribution is 0.101. The molecule has 1 N–H and O–H groups in total. The molecule has 0 aliphatic rings. The minimum Gasteiger partial charge on any atom is -0.361 e. The van der Waals surface area contributed by atoms with Crippen molar-refractivity contribution in [1.82, 2.24) is 10.1 Å². The highest BCUT2D eigenvalue weighted by molar-refractivity contribution is 6.33. The van der Waals surface area contributed by atoms with Crippen molar-refractivity contribution in [3.63, 3.8) is 0 Å². The lowest BCUT2D eigenvalue weighted by Crippen LogP contribution is -2.17. The maximum absolute atomic E-state index is 12.4. The first-order chi connectivity index (χ1) is 11.6. The monoisotopic (exact) mass is 342 g/mol. The van der Waals surface area contributed by atoms with Crippen molar-refractivity contribution in [2.24, 2.45) is 0 Å². The molecule has 7 heteroatoms. The number of aromatic nitrogens is 2. The predicted molar refractivity (Wildman–Crippen MR) is 93.5 cm³/mol. The van der Waals surface area contributed by atoms with E-state index in [1.54, 1.807) is 36.5 Å². The van der Waals surface area contributed by atoms with Crippen molar-refractivity contribution in [2.75, 3.05) is 24.3 Å². The van der Waals surface area contributed by atoms with E-state index < -0.39 is 0 Å². The van der Waals surface area contributed by atoms with Crippen LogP contribution in [-0.2, 0) is 0 Å². The topological polar surface area (TPSA) is 71.3 Å². The van der Waals surface area contributed by atoms with Gasteiger partial charge in [-0.3, -0.25) is 4.79 Å². The van der Waals surface area contributed by atoms with E-state index in [0.717, 1.165) is 0 Å². The number of anilines is 2. The van der Waals surface area contributed by atoms with Crippen molar-refractivity contribution in [3.8, 4) is 11.3 Å². The quantitative estimate of drug-likeness (QED) is 0.782. The van der Waals surface area contributed by atoms with Crippen molar-refractivity contribution in [3.05, 3.63) is 59.4 Å². The second kappa shape index (κ2) is 6.72. The van der Waals surface area contributed by atoms with Crippen LogP contribution in [0.1, 0.15) is 10.5 Å². The van der Waals surface area contributed by atoms with Gasteiger partial charge in [0.1, 0.15) is 0 Å². The van der Waals surface area contributed by atoms with Gasteiger partial charge in [0, 0.05) is 31.9 Å². The van der Waals surface area contributed by atoms with Gasteiger partial charge in [-0.25, -0.2) is 4.98 Å². The van der Waals surface area contributed by atoms with Crippen molar-refractivity contribution >= 4 is 29.0 Å². The first-order valence-electron chi connectivity index (χ1n) is 7.21. The molecule has 0 aliphatic carbocycles. The molecule has 2 aromatic heterocycles. The molecule has 1 amide bonds. The van der Waals surface area contributed by atoms with Crippen molar-refractivity contribution < 1.29 is 9.32 Å². The number of pyridine rings is 1. The molecule has 0 unspecified atom stereocenters. The standard InChI is InChI=1S/C17H15ClN4O2/c1-22(2)16-13(8-5-9-19-16)20-17(23)14-10-15(24-21-14)11-6-3-4-7-12(11)18/h3-10H,1-2H3,(H,20,23). The van der Waals surface area contributed by atoms with E-state index in [-0.39, 0.29) is 11.6 Å². The van der Waals surface area contributed by atoms with Gasteiger partial charge in [0.05, 0.1) is 10.7 Å². The van der Waals surface area contributed by atoms with Gasteiger partial charge in [-0.05, 0) is 24.3 Å². The van der Waals surface area contributed by atoms with E-state index in [1.165, 1.54) is 0 Å². The summed E-state index contributed by atoms with van der Waals surface area (Å²) in [5.41, 5.74) is 1.44. The molecule has 6 nitrogen and oxygen atoms in total. The number of carbonyl (C=O) groups excluding carboxylic acids is 1. The van der Waals surface area contributed by atoms with Crippen LogP contribution in [0.4, 0.5) is 11.5 Å². The number of hydrogen-bond donors (Lipinski definition) is 1. The average molecular weight is 343 g/mol. The van der Waals surface area contributed by atoms with Gasteiger partial charge in [0.15, 0.2) is 17.3 Å². The zero-order chi connectivity index (χ0) is 17.1. The lowest BCUT2D eigenvalue weighted by atomic mass is 10.1. The normalized spacial score (nSPS) is 10.5. The molecular weight excluding hydrogens is 328 g/mol. The second-order valence-electron chi connectivity index (χ2n) is 5.28. The van der Waals surface area contributed by atoms with Crippen LogP contribution in [0, 0.1) is 0 Å². The van der Waals surface area contributed by atoms with Crippen molar-refractivity contribution in [2.45, 2.75) is 0 Å². The lowest BCUT2D eigenvalue weighted by Gasteiger charge is -2.15. The van der Waals surface area contributed by atoms with Crippen molar-refractivity contribution in [1.29, 1.82) is 0 Å². The van der Waals surface area contributed by atoms with Gasteiger partial charge in [-0.2, -0.15) is 0 Å². The van der Waals surface area contributed by atoms with Gasteiger partial charge in [-0.15, -0.1) is 0 Å². The minimum atomic E-state index is -0.381. The molecule has 0 bridgehead atoms. The minimum absolute atomic E-state index is 0.165. The molecule has 0 fully saturated rings. The Balaban J connectivity index is 1.84. The Morgan fingerprint density at radius 1 is 1.21 bits per heavy atom. The fourth-order valence-electron chi connectivity index (χ4n) is 2.21. The average Bonchev–Trinajstić information content (AvgIpc) is 3.05. The van der Waals surface area contributed by atoms with Gasteiger partial charge in [-0.1, -0.05) is 28.9 Å². The van der Waals surface area contributed by atoms with E-state index in [2.05, 4.69) is 15.5 Å². The molecule has 0 atom stereocenters. The SMILES string of the molecule is CN(C)c1ncccc1NC(=O)c1cc(-c2ccccc2Cl)on1. The summed E-state index contributed by atoms with van der Waals surface area (Å²) in [4.78, 5) is 18.5. The number of amides is 1. The predicted octanol–water partition coefficient (Wildman–Crippen LogP) is 3.71. The number of nitrogens with one attached hydrogen (secondary N) is 1. The summed E-state index contributed by atoms with van der Waals surface area (Å²) in [5, 5.41) is 7.14. The summed E-state index contributed by atoms with van der Waals surface area (Å²) in [5.74, 6) is 0.707. The number of carbonyl (C=O) groups is 1. The zero-order valence-corrected chi connectivity index (χ0v) is 13.9. The molecule has 0 spiro atoms. The number of halogens is 1. The molecule has 3 rings (SSSR count). The summed E-state index contributed by atoms with van der Waals surface area (Å²) in [6, 6.07) is 12.3. The highest BCUT2D eigenvalue weighted by Crippen LogP contribution is 2.28. The van der Waals surface area contributed by atoms with E-state index in [9.17, 15) is 4.79 Å². The fraction of sp³-hybridized carbons (Fsp3) is 0.118. The Bertz CT molecular complexity index is 876. The Morgan fingerprint density at radius 2 is 2.00 bits per heavy atom. The summed E-state index contributed by atoms with van der Waals surface area (Å²) >= 11 is 6.13. The molecule has 0 saturated heterocycles. The van der Waals surface area contributed by atoms with E-state index >= 15 is 0 Å². The van der Waals surface area contributed by atoms with Crippen LogP contribution < -0.4 is 10.2 Å². The van der Waals surface area contributed by atoms with E-state index in [1.807, 2.05) is 31.1 Å². The number of hydrogen-bond acceptors (Lipinski definition) is 5. The summed E-state index contributed by atoms with van der Waals surface area (Å²) in [6.45, 7) is 0. The third kappa shape index (κ3) is 3.23. The van der Waals surface area contributed by atoms with Gasteiger partial charge in [0.2, 0.25) is 0 Å². The molecule has 24 heavy (non-hydrogen) atoms. The smallest absolute Gasteiger partial charge is 0.277 e. The highest BCUT2D eigenvalue weighted by Gasteiger charge is 2.17. The molecule has 122 valence electrons. The Kier molecular flexibility index (Phi) is 4.48. The summed E-state index contributed by atoms with van der Waals surface area (Å²) < 4.78 is 5.25. The van der Waals surface area contributed by atoms with Crippen LogP contribution in [0.25, 0.3) is 11.3 Å². The molecular formula is C17H15ClN4O2. The largest absolute Gasteiger partial charge is 0.361 e. The first-order valence-corrected chi connectivity index (χ1v) is 7.59. The highest BCUT2D eigenvalue weighted by atomic mass is 35.5. The third-order valence-corrected chi connectivity index (χ3v) is 3.67. The zero-order valence-electron chi connectivity index (χ0n) is 13.2. The van der Waals surface area contributed by atoms with Crippen LogP contribution in [0.3, 0.4) is 0 Å². The van der Waals surface area contributed by atoms with Gasteiger partial charge >= 0.3 is 0 Å². The third-order valence-electron chi connectivity index (χ3n) is 3.34. The van der Waals surface area contributed by atoms with E-state index in [0.29, 0.717) is 27.9 Å². The fourth-order valence-corrected chi connectivity index (χ4v) is 2.44. The first kappa shape index (κ1) is 16.0. The van der Waals surface area contributed by atoms with Gasteiger partial charge < -0.3 is 14.7 Å². The number of benzene rings is 1. The van der Waals surface area contributed by atoms with Crippen LogP contribution in [0.15, 0.2) is 53.2 Å². The van der Waals surface area contributed by atoms with E-state index in [4.69, 9.17) is 16.1 Å². The van der Waals surface area contributed by atoms with Crippen LogP contribution >= 0.6 is 11.6 Å². The molecule has 2 heterocycles. The molecule has 3 aromatic rings. The summed E-state index contributed by atoms with van der Waals surface area (Å²) in [7, 11) is 3.70. The Morgan fingerprint density at radius 3 is 2.75 bits per heavy atom. The molecule has 0 saturated carbocycles. The maximum atomic E-state index is 12.4. The Hall–Kier alpha value is -2.86. The van der Waals surface area contributed by atoms with Gasteiger partial charge in [0.25, 0.3) is 5.91 Å². The molecule has 0 radical (unpaired) electrons. The van der Waals surface area contributed by atoms with Crippen LogP contribution in [0.5, 0.6) is 0 Å². The number of nitrogens with zero attached hydrogens (tertiary/aromatic N) is 3. The second-order valence-corrected chi connectivity index (χ2v) is 5.69. The summed E-state index contributed by atoms with van der Waals surface area (Å²) in [6.07, 6.45) is 1.66. The molecule has 0 aliphatic heterocycles.